The molecule has 8 nitrogen and oxygen atoms in total. The van der Waals surface area contributed by atoms with Crippen molar-refractivity contribution in [2.24, 2.45) is 0 Å². The fraction of sp³-hybridized carbons (Fsp3) is 0.286. The third-order valence-electron chi connectivity index (χ3n) is 4.42. The molecule has 0 aliphatic carbocycles. The fourth-order valence-electron chi connectivity index (χ4n) is 2.82. The van der Waals surface area contributed by atoms with Gasteiger partial charge in [0.15, 0.2) is 10.6 Å². The van der Waals surface area contributed by atoms with Crippen molar-refractivity contribution in [2.45, 2.75) is 13.0 Å². The third-order valence-corrected chi connectivity index (χ3v) is 4.73. The van der Waals surface area contributed by atoms with Crippen LogP contribution < -0.4 is 19.5 Å². The molecule has 0 atom stereocenters. The van der Waals surface area contributed by atoms with Gasteiger partial charge >= 0.3 is 0 Å². The van der Waals surface area contributed by atoms with Crippen LogP contribution in [0, 0.1) is 4.77 Å². The first-order chi connectivity index (χ1) is 14.6. The molecule has 0 fully saturated rings. The van der Waals surface area contributed by atoms with Crippen LogP contribution in [0.15, 0.2) is 48.5 Å². The highest BCUT2D eigenvalue weighted by molar-refractivity contribution is 7.71. The van der Waals surface area contributed by atoms with Crippen LogP contribution in [-0.2, 0) is 11.3 Å². The Balaban J connectivity index is 1.47. The number of nitrogens with zero attached hydrogens (tertiary/aromatic N) is 2. The number of nitrogens with one attached hydrogen (secondary N) is 2. The highest BCUT2D eigenvalue weighted by atomic mass is 32.1. The SMILES string of the molecule is COc1ccc(OCCNC(=O)CCn2c(-c3ccc(OC)cc3)n[nH]c2=S)cc1. The van der Waals surface area contributed by atoms with E-state index in [-0.39, 0.29) is 12.3 Å². The Labute approximate surface area is 179 Å². The monoisotopic (exact) mass is 428 g/mol. The van der Waals surface area contributed by atoms with Gasteiger partial charge in [0.2, 0.25) is 5.91 Å². The summed E-state index contributed by atoms with van der Waals surface area (Å²) in [6.07, 6.45) is 0.277. The lowest BCUT2D eigenvalue weighted by atomic mass is 10.2. The van der Waals surface area contributed by atoms with Crippen LogP contribution in [0.2, 0.25) is 0 Å². The van der Waals surface area contributed by atoms with E-state index < -0.39 is 0 Å². The second-order valence-corrected chi connectivity index (χ2v) is 6.74. The summed E-state index contributed by atoms with van der Waals surface area (Å²) in [7, 11) is 3.23. The standard InChI is InChI=1S/C21H24N4O4S/c1-27-16-5-3-15(4-6-16)20-23-24-21(30)25(20)13-11-19(26)22-12-14-29-18-9-7-17(28-2)8-10-18/h3-10H,11-14H2,1-2H3,(H,22,26)(H,24,30). The van der Waals surface area contributed by atoms with E-state index in [1.54, 1.807) is 14.2 Å². The molecule has 2 N–H and O–H groups in total. The molecule has 1 heterocycles. The van der Waals surface area contributed by atoms with Crippen LogP contribution in [-0.4, -0.2) is 48.0 Å². The van der Waals surface area contributed by atoms with E-state index in [1.165, 1.54) is 0 Å². The Morgan fingerprint density at radius 2 is 1.63 bits per heavy atom. The van der Waals surface area contributed by atoms with Gasteiger partial charge in [-0.25, -0.2) is 0 Å². The number of carbonyl (C=O) groups excluding carboxylic acids is 1. The van der Waals surface area contributed by atoms with Crippen molar-refractivity contribution in [3.63, 3.8) is 0 Å². The predicted molar refractivity (Wildman–Crippen MR) is 116 cm³/mol. The molecular weight excluding hydrogens is 404 g/mol. The summed E-state index contributed by atoms with van der Waals surface area (Å²) in [5.74, 6) is 2.84. The van der Waals surface area contributed by atoms with E-state index in [1.807, 2.05) is 53.1 Å². The molecule has 2 aromatic carbocycles. The summed E-state index contributed by atoms with van der Waals surface area (Å²) < 4.78 is 18.2. The molecule has 158 valence electrons. The van der Waals surface area contributed by atoms with Crippen molar-refractivity contribution >= 4 is 18.1 Å². The molecule has 3 rings (SSSR count). The molecule has 9 heteroatoms. The second kappa shape index (κ2) is 10.4. The van der Waals surface area contributed by atoms with Crippen molar-refractivity contribution in [3.05, 3.63) is 53.3 Å². The molecule has 0 bridgehead atoms. The lowest BCUT2D eigenvalue weighted by Gasteiger charge is -2.10. The number of hydrogen-bond acceptors (Lipinski definition) is 6. The first kappa shape index (κ1) is 21.4. The van der Waals surface area contributed by atoms with Crippen LogP contribution in [0.1, 0.15) is 6.42 Å². The number of rotatable bonds is 10. The van der Waals surface area contributed by atoms with Crippen molar-refractivity contribution in [2.75, 3.05) is 27.4 Å². The number of H-pyrrole nitrogens is 1. The van der Waals surface area contributed by atoms with Crippen molar-refractivity contribution in [1.82, 2.24) is 20.1 Å². The maximum atomic E-state index is 12.2. The summed E-state index contributed by atoms with van der Waals surface area (Å²) in [5.41, 5.74) is 0.886. The number of ether oxygens (including phenoxy) is 3. The zero-order valence-electron chi connectivity index (χ0n) is 16.9. The zero-order valence-corrected chi connectivity index (χ0v) is 17.7. The van der Waals surface area contributed by atoms with Gasteiger partial charge in [0.05, 0.1) is 20.8 Å². The second-order valence-electron chi connectivity index (χ2n) is 6.36. The Morgan fingerprint density at radius 3 is 2.27 bits per heavy atom. The van der Waals surface area contributed by atoms with Crippen LogP contribution in [0.3, 0.4) is 0 Å². The molecule has 0 aliphatic heterocycles. The number of benzene rings is 2. The van der Waals surface area contributed by atoms with Gasteiger partial charge in [-0.2, -0.15) is 5.10 Å². The first-order valence-electron chi connectivity index (χ1n) is 9.44. The summed E-state index contributed by atoms with van der Waals surface area (Å²) >= 11 is 5.31. The van der Waals surface area contributed by atoms with Gasteiger partial charge < -0.3 is 19.5 Å². The van der Waals surface area contributed by atoms with E-state index in [0.29, 0.717) is 30.3 Å². The van der Waals surface area contributed by atoms with E-state index >= 15 is 0 Å². The highest BCUT2D eigenvalue weighted by Gasteiger charge is 2.11. The normalized spacial score (nSPS) is 10.5. The average Bonchev–Trinajstić information content (AvgIpc) is 3.16. The number of carbonyl (C=O) groups is 1. The number of amides is 1. The molecule has 30 heavy (non-hydrogen) atoms. The number of aromatic amines is 1. The molecule has 0 saturated carbocycles. The van der Waals surface area contributed by atoms with Gasteiger partial charge in [-0.05, 0) is 60.7 Å². The molecule has 0 radical (unpaired) electrons. The van der Waals surface area contributed by atoms with Gasteiger partial charge in [0, 0.05) is 18.5 Å². The van der Waals surface area contributed by atoms with Crippen molar-refractivity contribution < 1.29 is 19.0 Å². The largest absolute Gasteiger partial charge is 0.497 e. The number of aromatic nitrogens is 3. The van der Waals surface area contributed by atoms with Gasteiger partial charge in [-0.15, -0.1) is 0 Å². The number of hydrogen-bond donors (Lipinski definition) is 2. The summed E-state index contributed by atoms with van der Waals surface area (Å²) in [5, 5.41) is 9.92. The quantitative estimate of drug-likeness (QED) is 0.381. The van der Waals surface area contributed by atoms with Gasteiger partial charge in [0.1, 0.15) is 23.9 Å². The smallest absolute Gasteiger partial charge is 0.221 e. The van der Waals surface area contributed by atoms with Crippen LogP contribution in [0.25, 0.3) is 11.4 Å². The molecule has 1 aromatic heterocycles. The fourth-order valence-corrected chi connectivity index (χ4v) is 3.04. The summed E-state index contributed by atoms with van der Waals surface area (Å²) in [6.45, 7) is 1.20. The van der Waals surface area contributed by atoms with Gasteiger partial charge in [-0.3, -0.25) is 14.5 Å². The Kier molecular flexibility index (Phi) is 7.45. The molecule has 1 amide bonds. The lowest BCUT2D eigenvalue weighted by Crippen LogP contribution is -2.28. The molecule has 0 aliphatic rings. The van der Waals surface area contributed by atoms with E-state index in [0.717, 1.165) is 22.8 Å². The maximum absolute atomic E-state index is 12.2. The van der Waals surface area contributed by atoms with Gasteiger partial charge in [-0.1, -0.05) is 0 Å². The predicted octanol–water partition coefficient (Wildman–Crippen LogP) is 3.21. The molecule has 0 saturated heterocycles. The maximum Gasteiger partial charge on any atom is 0.221 e. The summed E-state index contributed by atoms with van der Waals surface area (Å²) in [6, 6.07) is 14.8. The Hall–Kier alpha value is -3.33. The number of methoxy groups -OCH3 is 2. The van der Waals surface area contributed by atoms with E-state index in [4.69, 9.17) is 26.4 Å². The minimum Gasteiger partial charge on any atom is -0.497 e. The van der Waals surface area contributed by atoms with E-state index in [2.05, 4.69) is 15.5 Å². The van der Waals surface area contributed by atoms with Crippen LogP contribution >= 0.6 is 12.2 Å². The minimum absolute atomic E-state index is 0.0860. The zero-order chi connectivity index (χ0) is 21.3. The third kappa shape index (κ3) is 5.60. The lowest BCUT2D eigenvalue weighted by molar-refractivity contribution is -0.121. The Bertz CT molecular complexity index is 1010. The molecule has 0 spiro atoms. The van der Waals surface area contributed by atoms with E-state index in [9.17, 15) is 4.79 Å². The Morgan fingerprint density at radius 1 is 1.03 bits per heavy atom. The summed E-state index contributed by atoms with van der Waals surface area (Å²) in [4.78, 5) is 12.2. The topological polar surface area (TPSA) is 90.4 Å². The molecule has 0 unspecified atom stereocenters. The van der Waals surface area contributed by atoms with Crippen molar-refractivity contribution in [1.29, 1.82) is 0 Å². The van der Waals surface area contributed by atoms with Crippen LogP contribution in [0.4, 0.5) is 0 Å². The highest BCUT2D eigenvalue weighted by Crippen LogP contribution is 2.21. The minimum atomic E-state index is -0.0860. The van der Waals surface area contributed by atoms with Crippen molar-refractivity contribution in [3.8, 4) is 28.6 Å². The van der Waals surface area contributed by atoms with Gasteiger partial charge in [0.25, 0.3) is 0 Å². The average molecular weight is 429 g/mol. The molecular formula is C21H24N4O4S. The first-order valence-corrected chi connectivity index (χ1v) is 9.84. The molecule has 3 aromatic rings. The van der Waals surface area contributed by atoms with Crippen LogP contribution in [0.5, 0.6) is 17.2 Å².